The molecule has 0 radical (unpaired) electrons. The van der Waals surface area contributed by atoms with E-state index in [1.54, 1.807) is 12.5 Å². The quantitative estimate of drug-likeness (QED) is 0.488. The molecule has 0 aliphatic carbocycles. The first-order valence-corrected chi connectivity index (χ1v) is 10.0. The number of ether oxygens (including phenoxy) is 1. The fourth-order valence-electron chi connectivity index (χ4n) is 2.81. The molecular weight excluding hydrogens is 342 g/mol. The average Bonchev–Trinajstić information content (AvgIpc) is 2.87. The molecule has 2 saturated heterocycles. The Balaban J connectivity index is 2.09. The SMILES string of the molecule is CC/C(=C\O/C=C(\CC)B1OC(C)(C)C(C)(C)O1)B1OC(C)(C)C(C)(C)O1. The topological polar surface area (TPSA) is 46.2 Å². The number of hydrogen-bond acceptors (Lipinski definition) is 5. The molecule has 0 N–H and O–H groups in total. The molecule has 0 aromatic rings. The largest absolute Gasteiger partial charge is 0.493 e. The molecule has 0 atom stereocenters. The minimum Gasteiger partial charge on any atom is -0.474 e. The molecule has 7 heteroatoms. The van der Waals surface area contributed by atoms with Gasteiger partial charge in [0.05, 0.1) is 34.9 Å². The minimum absolute atomic E-state index is 0.362. The van der Waals surface area contributed by atoms with E-state index < -0.39 is 14.2 Å². The summed E-state index contributed by atoms with van der Waals surface area (Å²) in [6, 6.07) is 0. The van der Waals surface area contributed by atoms with Crippen LogP contribution in [0.2, 0.25) is 0 Å². The standard InChI is InChI=1S/C20H36B2O5/c1-11-15(21-24-17(3,4)18(5,6)25-21)13-23-14-16(12-2)22-26-19(7,8)20(9,10)27-22/h13-14H,11-12H2,1-10H3/b15-13+,16-14+. The summed E-state index contributed by atoms with van der Waals surface area (Å²) >= 11 is 0. The van der Waals surface area contributed by atoms with Crippen LogP contribution in [0.5, 0.6) is 0 Å². The van der Waals surface area contributed by atoms with Gasteiger partial charge in [-0.2, -0.15) is 0 Å². The summed E-state index contributed by atoms with van der Waals surface area (Å²) in [4.78, 5) is 0. The van der Waals surface area contributed by atoms with Crippen LogP contribution in [0.1, 0.15) is 82.1 Å². The summed E-state index contributed by atoms with van der Waals surface area (Å²) in [5.41, 5.74) is 0.486. The number of allylic oxidation sites excluding steroid dienone is 2. The van der Waals surface area contributed by atoms with Gasteiger partial charge in [0.1, 0.15) is 0 Å². The van der Waals surface area contributed by atoms with E-state index in [4.69, 9.17) is 23.4 Å². The Hall–Kier alpha value is -0.750. The summed E-state index contributed by atoms with van der Waals surface area (Å²) < 4.78 is 30.3. The minimum atomic E-state index is -0.393. The van der Waals surface area contributed by atoms with Crippen LogP contribution in [0.4, 0.5) is 0 Å². The molecule has 2 rings (SSSR count). The molecule has 0 saturated carbocycles. The molecule has 0 unspecified atom stereocenters. The predicted octanol–water partition coefficient (Wildman–Crippen LogP) is 4.85. The fourth-order valence-corrected chi connectivity index (χ4v) is 2.81. The highest BCUT2D eigenvalue weighted by atomic mass is 16.7. The summed E-state index contributed by atoms with van der Waals surface area (Å²) in [6.07, 6.45) is 5.01. The van der Waals surface area contributed by atoms with Crippen molar-refractivity contribution in [1.82, 2.24) is 0 Å². The highest BCUT2D eigenvalue weighted by molar-refractivity contribution is 6.55. The van der Waals surface area contributed by atoms with E-state index in [2.05, 4.69) is 69.2 Å². The first kappa shape index (κ1) is 22.5. The van der Waals surface area contributed by atoms with Crippen LogP contribution in [-0.2, 0) is 23.4 Å². The van der Waals surface area contributed by atoms with Gasteiger partial charge in [0, 0.05) is 0 Å². The summed E-state index contributed by atoms with van der Waals surface area (Å²) in [7, 11) is -0.786. The molecular formula is C20H36B2O5. The van der Waals surface area contributed by atoms with E-state index in [1.165, 1.54) is 0 Å². The Morgan fingerprint density at radius 3 is 1.11 bits per heavy atom. The van der Waals surface area contributed by atoms with E-state index >= 15 is 0 Å². The number of hydrogen-bond donors (Lipinski definition) is 0. The van der Waals surface area contributed by atoms with Gasteiger partial charge in [0.2, 0.25) is 0 Å². The van der Waals surface area contributed by atoms with Gasteiger partial charge < -0.3 is 23.4 Å². The van der Waals surface area contributed by atoms with Gasteiger partial charge in [0.15, 0.2) is 0 Å². The molecule has 2 aliphatic heterocycles. The molecule has 27 heavy (non-hydrogen) atoms. The molecule has 2 fully saturated rings. The van der Waals surface area contributed by atoms with Crippen LogP contribution in [0.3, 0.4) is 0 Å². The van der Waals surface area contributed by atoms with Crippen LogP contribution in [-0.4, -0.2) is 36.6 Å². The fraction of sp³-hybridized carbons (Fsp3) is 0.800. The third-order valence-electron chi connectivity index (χ3n) is 6.37. The molecule has 0 spiro atoms. The highest BCUT2D eigenvalue weighted by Crippen LogP contribution is 2.40. The lowest BCUT2D eigenvalue weighted by Gasteiger charge is -2.32. The van der Waals surface area contributed by atoms with E-state index in [-0.39, 0.29) is 22.4 Å². The average molecular weight is 378 g/mol. The Labute approximate surface area is 166 Å². The van der Waals surface area contributed by atoms with Crippen molar-refractivity contribution < 1.29 is 23.4 Å². The zero-order valence-corrected chi connectivity index (χ0v) is 18.8. The predicted molar refractivity (Wildman–Crippen MR) is 110 cm³/mol. The second-order valence-corrected chi connectivity index (χ2v) is 9.41. The molecule has 0 aromatic carbocycles. The highest BCUT2D eigenvalue weighted by Gasteiger charge is 2.53. The maximum atomic E-state index is 6.11. The Morgan fingerprint density at radius 1 is 0.630 bits per heavy atom. The Morgan fingerprint density at radius 2 is 0.889 bits per heavy atom. The van der Waals surface area contributed by atoms with Gasteiger partial charge >= 0.3 is 14.2 Å². The summed E-state index contributed by atoms with van der Waals surface area (Å²) in [5.74, 6) is 0. The van der Waals surface area contributed by atoms with Crippen LogP contribution >= 0.6 is 0 Å². The van der Waals surface area contributed by atoms with Gasteiger partial charge in [-0.15, -0.1) is 0 Å². The van der Waals surface area contributed by atoms with Gasteiger partial charge in [0.25, 0.3) is 0 Å². The molecule has 152 valence electrons. The Bertz CT molecular complexity index is 523. The zero-order chi connectivity index (χ0) is 20.7. The summed E-state index contributed by atoms with van der Waals surface area (Å²) in [5, 5.41) is 0. The van der Waals surface area contributed by atoms with Gasteiger partial charge in [-0.3, -0.25) is 0 Å². The molecule has 2 heterocycles. The van der Waals surface area contributed by atoms with Gasteiger partial charge in [-0.05, 0) is 79.2 Å². The van der Waals surface area contributed by atoms with E-state index in [9.17, 15) is 0 Å². The first-order valence-electron chi connectivity index (χ1n) is 10.0. The van der Waals surface area contributed by atoms with Gasteiger partial charge in [-0.25, -0.2) is 0 Å². The smallest absolute Gasteiger partial charge is 0.474 e. The van der Waals surface area contributed by atoms with Crippen LogP contribution < -0.4 is 0 Å². The van der Waals surface area contributed by atoms with Crippen molar-refractivity contribution in [3.05, 3.63) is 23.5 Å². The first-order chi connectivity index (χ1) is 12.3. The molecule has 5 nitrogen and oxygen atoms in total. The normalized spacial score (nSPS) is 26.6. The van der Waals surface area contributed by atoms with Crippen molar-refractivity contribution in [2.45, 2.75) is 104 Å². The monoisotopic (exact) mass is 378 g/mol. The Kier molecular flexibility index (Phi) is 6.33. The van der Waals surface area contributed by atoms with Crippen molar-refractivity contribution >= 4 is 14.2 Å². The van der Waals surface area contributed by atoms with Crippen molar-refractivity contribution in [2.75, 3.05) is 0 Å². The lowest BCUT2D eigenvalue weighted by molar-refractivity contribution is 0.00578. The second-order valence-electron chi connectivity index (χ2n) is 9.41. The van der Waals surface area contributed by atoms with E-state index in [0.29, 0.717) is 0 Å². The van der Waals surface area contributed by atoms with E-state index in [0.717, 1.165) is 23.8 Å². The maximum absolute atomic E-state index is 6.11. The second kappa shape index (κ2) is 7.58. The zero-order valence-electron chi connectivity index (χ0n) is 18.8. The van der Waals surface area contributed by atoms with E-state index in [1.807, 2.05) is 0 Å². The molecule has 2 aliphatic rings. The third kappa shape index (κ3) is 4.47. The van der Waals surface area contributed by atoms with Crippen LogP contribution in [0.15, 0.2) is 23.5 Å². The summed E-state index contributed by atoms with van der Waals surface area (Å²) in [6.45, 7) is 20.5. The van der Waals surface area contributed by atoms with Gasteiger partial charge in [-0.1, -0.05) is 13.8 Å². The van der Waals surface area contributed by atoms with Crippen molar-refractivity contribution in [3.8, 4) is 0 Å². The van der Waals surface area contributed by atoms with Crippen LogP contribution in [0.25, 0.3) is 0 Å². The third-order valence-corrected chi connectivity index (χ3v) is 6.37. The number of rotatable bonds is 6. The van der Waals surface area contributed by atoms with Crippen LogP contribution in [0, 0.1) is 0 Å². The van der Waals surface area contributed by atoms with Crippen molar-refractivity contribution in [1.29, 1.82) is 0 Å². The molecule has 0 aromatic heterocycles. The van der Waals surface area contributed by atoms with Crippen molar-refractivity contribution in [3.63, 3.8) is 0 Å². The lowest BCUT2D eigenvalue weighted by Crippen LogP contribution is -2.41. The van der Waals surface area contributed by atoms with Crippen molar-refractivity contribution in [2.24, 2.45) is 0 Å². The molecule has 0 bridgehead atoms. The molecule has 0 amide bonds. The maximum Gasteiger partial charge on any atom is 0.493 e. The lowest BCUT2D eigenvalue weighted by atomic mass is 9.77.